The number of hydrogen-bond acceptors (Lipinski definition) is 6. The molecule has 0 aromatic carbocycles. The second kappa shape index (κ2) is 10.5. The van der Waals surface area contributed by atoms with Gasteiger partial charge in [0.05, 0.1) is 19.0 Å². The molecule has 0 saturated carbocycles. The zero-order valence-corrected chi connectivity index (χ0v) is 11.7. The molecule has 6 heteroatoms. The van der Waals surface area contributed by atoms with Crippen LogP contribution in [0.3, 0.4) is 0 Å². The Morgan fingerprint density at radius 2 is 2.05 bits per heavy atom. The molecule has 108 valence electrons. The number of rotatable bonds is 11. The van der Waals surface area contributed by atoms with Gasteiger partial charge in [0, 0.05) is 26.9 Å². The van der Waals surface area contributed by atoms with Crippen molar-refractivity contribution < 1.29 is 14.2 Å². The molecule has 1 heterocycles. The largest absolute Gasteiger partial charge is 0.474 e. The molecule has 0 aliphatic heterocycles. The summed E-state index contributed by atoms with van der Waals surface area (Å²) in [4.78, 5) is 8.36. The number of nitrogens with one attached hydrogen (secondary N) is 1. The Bertz CT molecular complexity index is 337. The molecule has 0 spiro atoms. The standard InChI is InChI=1S/C13H23N3O3/c1-3-5-15-12-10-14-11-13(16-12)19-9-8-18-7-4-6-17-2/h10-11H,3-9H2,1-2H3,(H,15,16). The van der Waals surface area contributed by atoms with E-state index in [2.05, 4.69) is 22.2 Å². The van der Waals surface area contributed by atoms with Crippen molar-refractivity contribution in [1.82, 2.24) is 9.97 Å². The first kappa shape index (κ1) is 15.7. The van der Waals surface area contributed by atoms with E-state index < -0.39 is 0 Å². The minimum absolute atomic E-state index is 0.471. The third-order valence-corrected chi connectivity index (χ3v) is 2.28. The minimum atomic E-state index is 0.471. The Hall–Kier alpha value is -1.40. The molecule has 0 fully saturated rings. The predicted molar refractivity (Wildman–Crippen MR) is 73.6 cm³/mol. The highest BCUT2D eigenvalue weighted by atomic mass is 16.5. The van der Waals surface area contributed by atoms with E-state index >= 15 is 0 Å². The normalized spacial score (nSPS) is 10.4. The van der Waals surface area contributed by atoms with Gasteiger partial charge in [0.25, 0.3) is 0 Å². The van der Waals surface area contributed by atoms with E-state index in [9.17, 15) is 0 Å². The highest BCUT2D eigenvalue weighted by Crippen LogP contribution is 2.08. The third-order valence-electron chi connectivity index (χ3n) is 2.28. The Morgan fingerprint density at radius 3 is 2.84 bits per heavy atom. The first-order chi connectivity index (χ1) is 9.36. The fraction of sp³-hybridized carbons (Fsp3) is 0.692. The van der Waals surface area contributed by atoms with Crippen LogP contribution in [0.25, 0.3) is 0 Å². The van der Waals surface area contributed by atoms with Crippen LogP contribution >= 0.6 is 0 Å². The lowest BCUT2D eigenvalue weighted by Crippen LogP contribution is -2.10. The fourth-order valence-corrected chi connectivity index (χ4v) is 1.37. The van der Waals surface area contributed by atoms with Crippen molar-refractivity contribution in [1.29, 1.82) is 0 Å². The van der Waals surface area contributed by atoms with Gasteiger partial charge in [-0.15, -0.1) is 0 Å². The zero-order valence-electron chi connectivity index (χ0n) is 11.7. The van der Waals surface area contributed by atoms with Crippen molar-refractivity contribution in [3.05, 3.63) is 12.4 Å². The van der Waals surface area contributed by atoms with Crippen molar-refractivity contribution >= 4 is 5.82 Å². The summed E-state index contributed by atoms with van der Waals surface area (Å²) in [6.07, 6.45) is 5.22. The Labute approximate surface area is 114 Å². The summed E-state index contributed by atoms with van der Waals surface area (Å²) in [6, 6.07) is 0. The molecular formula is C13H23N3O3. The van der Waals surface area contributed by atoms with Crippen LogP contribution in [-0.2, 0) is 9.47 Å². The molecule has 1 aromatic rings. The molecule has 0 atom stereocenters. The molecule has 0 unspecified atom stereocenters. The lowest BCUT2D eigenvalue weighted by Gasteiger charge is -2.08. The van der Waals surface area contributed by atoms with E-state index in [4.69, 9.17) is 14.2 Å². The summed E-state index contributed by atoms with van der Waals surface area (Å²) in [5, 5.41) is 3.16. The predicted octanol–water partition coefficient (Wildman–Crippen LogP) is 1.73. The van der Waals surface area contributed by atoms with Crippen molar-refractivity contribution in [3.63, 3.8) is 0 Å². The first-order valence-electron chi connectivity index (χ1n) is 6.62. The summed E-state index contributed by atoms with van der Waals surface area (Å²) >= 11 is 0. The maximum absolute atomic E-state index is 5.46. The van der Waals surface area contributed by atoms with E-state index in [0.717, 1.165) is 31.8 Å². The monoisotopic (exact) mass is 269 g/mol. The fourth-order valence-electron chi connectivity index (χ4n) is 1.37. The molecule has 0 bridgehead atoms. The average Bonchev–Trinajstić information content (AvgIpc) is 2.44. The third kappa shape index (κ3) is 7.58. The van der Waals surface area contributed by atoms with Gasteiger partial charge in [-0.25, -0.2) is 0 Å². The first-order valence-corrected chi connectivity index (χ1v) is 6.62. The number of anilines is 1. The molecule has 19 heavy (non-hydrogen) atoms. The second-order valence-electron chi connectivity index (χ2n) is 3.98. The van der Waals surface area contributed by atoms with Crippen LogP contribution in [-0.4, -0.2) is 50.1 Å². The van der Waals surface area contributed by atoms with Gasteiger partial charge >= 0.3 is 0 Å². The summed E-state index contributed by atoms with van der Waals surface area (Å²) < 4.78 is 15.8. The van der Waals surface area contributed by atoms with Gasteiger partial charge in [-0.2, -0.15) is 4.98 Å². The van der Waals surface area contributed by atoms with Crippen LogP contribution < -0.4 is 10.1 Å². The number of ether oxygens (including phenoxy) is 3. The summed E-state index contributed by atoms with van der Waals surface area (Å²) in [5.41, 5.74) is 0. The molecule has 0 amide bonds. The van der Waals surface area contributed by atoms with Gasteiger partial charge in [-0.05, 0) is 12.8 Å². The van der Waals surface area contributed by atoms with Gasteiger partial charge in [-0.1, -0.05) is 6.92 Å². The van der Waals surface area contributed by atoms with Crippen molar-refractivity contribution in [2.24, 2.45) is 0 Å². The van der Waals surface area contributed by atoms with E-state index in [1.807, 2.05) is 0 Å². The maximum Gasteiger partial charge on any atom is 0.234 e. The van der Waals surface area contributed by atoms with E-state index in [0.29, 0.717) is 25.7 Å². The van der Waals surface area contributed by atoms with Gasteiger partial charge in [0.2, 0.25) is 5.88 Å². The molecule has 0 saturated heterocycles. The molecule has 0 radical (unpaired) electrons. The Morgan fingerprint density at radius 1 is 1.16 bits per heavy atom. The maximum atomic E-state index is 5.46. The van der Waals surface area contributed by atoms with Crippen LogP contribution in [0.2, 0.25) is 0 Å². The highest BCUT2D eigenvalue weighted by molar-refractivity contribution is 5.32. The number of aromatic nitrogens is 2. The summed E-state index contributed by atoms with van der Waals surface area (Å²) in [7, 11) is 1.68. The van der Waals surface area contributed by atoms with Crippen LogP contribution in [0.1, 0.15) is 19.8 Å². The average molecular weight is 269 g/mol. The topological polar surface area (TPSA) is 65.5 Å². The van der Waals surface area contributed by atoms with Crippen molar-refractivity contribution in [2.75, 3.05) is 45.4 Å². The molecule has 0 aliphatic carbocycles. The lowest BCUT2D eigenvalue weighted by atomic mass is 10.5. The van der Waals surface area contributed by atoms with Crippen LogP contribution in [0.5, 0.6) is 5.88 Å². The molecular weight excluding hydrogens is 246 g/mol. The molecule has 1 aromatic heterocycles. The van der Waals surface area contributed by atoms with Gasteiger partial charge in [0.15, 0.2) is 0 Å². The molecule has 0 aliphatic rings. The highest BCUT2D eigenvalue weighted by Gasteiger charge is 1.99. The molecule has 1 rings (SSSR count). The lowest BCUT2D eigenvalue weighted by molar-refractivity contribution is 0.0795. The van der Waals surface area contributed by atoms with E-state index in [1.54, 1.807) is 19.5 Å². The minimum Gasteiger partial charge on any atom is -0.474 e. The van der Waals surface area contributed by atoms with Crippen molar-refractivity contribution in [3.8, 4) is 5.88 Å². The Kier molecular flexibility index (Phi) is 8.67. The molecule has 6 nitrogen and oxygen atoms in total. The van der Waals surface area contributed by atoms with Crippen LogP contribution in [0.15, 0.2) is 12.4 Å². The van der Waals surface area contributed by atoms with Gasteiger partial charge < -0.3 is 19.5 Å². The van der Waals surface area contributed by atoms with Crippen LogP contribution in [0, 0.1) is 0 Å². The Balaban J connectivity index is 2.14. The smallest absolute Gasteiger partial charge is 0.234 e. The molecule has 1 N–H and O–H groups in total. The summed E-state index contributed by atoms with van der Waals surface area (Å²) in [6.45, 7) is 5.39. The van der Waals surface area contributed by atoms with Crippen LogP contribution in [0.4, 0.5) is 5.82 Å². The second-order valence-corrected chi connectivity index (χ2v) is 3.98. The SMILES string of the molecule is CCCNc1cncc(OCCOCCCOC)n1. The van der Waals surface area contributed by atoms with E-state index in [1.165, 1.54) is 0 Å². The quantitative estimate of drug-likeness (QED) is 0.617. The number of nitrogens with zero attached hydrogens (tertiary/aromatic N) is 2. The number of hydrogen-bond donors (Lipinski definition) is 1. The van der Waals surface area contributed by atoms with Crippen molar-refractivity contribution in [2.45, 2.75) is 19.8 Å². The van der Waals surface area contributed by atoms with Gasteiger partial charge in [-0.3, -0.25) is 4.98 Å². The van der Waals surface area contributed by atoms with Gasteiger partial charge in [0.1, 0.15) is 12.4 Å². The van der Waals surface area contributed by atoms with E-state index in [-0.39, 0.29) is 0 Å². The zero-order chi connectivity index (χ0) is 13.8. The number of methoxy groups -OCH3 is 1. The summed E-state index contributed by atoms with van der Waals surface area (Å²) in [5.74, 6) is 1.25.